The summed E-state index contributed by atoms with van der Waals surface area (Å²) in [5.41, 5.74) is 6.83. The molecule has 0 aliphatic carbocycles. The van der Waals surface area contributed by atoms with E-state index in [0.29, 0.717) is 11.1 Å². The van der Waals surface area contributed by atoms with Crippen LogP contribution in [0.2, 0.25) is 0 Å². The normalized spacial score (nSPS) is 21.0. The summed E-state index contributed by atoms with van der Waals surface area (Å²) < 4.78 is 0. The van der Waals surface area contributed by atoms with E-state index < -0.39 is 6.04 Å². The van der Waals surface area contributed by atoms with Crippen molar-refractivity contribution in [2.45, 2.75) is 6.04 Å². The summed E-state index contributed by atoms with van der Waals surface area (Å²) in [5.74, 6) is -0.638. The molecule has 1 atom stereocenters. The molecule has 1 heterocycles. The Morgan fingerprint density at radius 2 is 1.93 bits per heavy atom. The highest BCUT2D eigenvalue weighted by Gasteiger charge is 2.33. The summed E-state index contributed by atoms with van der Waals surface area (Å²) in [6, 6.07) is 6.20. The molecule has 0 saturated carbocycles. The number of nitrogens with zero attached hydrogens (tertiary/aromatic N) is 1. The number of fused-ring (bicyclic) bond motifs is 1. The second-order valence-corrected chi connectivity index (χ2v) is 3.27. The van der Waals surface area contributed by atoms with Crippen LogP contribution in [0.5, 0.6) is 0 Å². The lowest BCUT2D eigenvalue weighted by Crippen LogP contribution is -2.44. The zero-order valence-electron chi connectivity index (χ0n) is 7.73. The van der Waals surface area contributed by atoms with Gasteiger partial charge in [0, 0.05) is 12.6 Å². The molecule has 72 valence electrons. The maximum absolute atomic E-state index is 11.6. The van der Waals surface area contributed by atoms with Crippen molar-refractivity contribution < 1.29 is 9.59 Å². The van der Waals surface area contributed by atoms with Crippen LogP contribution in [0.3, 0.4) is 0 Å². The maximum Gasteiger partial charge on any atom is 0.260 e. The van der Waals surface area contributed by atoms with Crippen LogP contribution in [-0.2, 0) is 4.79 Å². The Morgan fingerprint density at radius 1 is 1.29 bits per heavy atom. The Bertz CT molecular complexity index is 414. The quantitative estimate of drug-likeness (QED) is 0.598. The van der Waals surface area contributed by atoms with Crippen molar-refractivity contribution in [1.82, 2.24) is 4.90 Å². The van der Waals surface area contributed by atoms with Crippen LogP contribution < -0.4 is 5.73 Å². The van der Waals surface area contributed by atoms with Crippen LogP contribution in [-0.4, -0.2) is 23.8 Å². The molecule has 1 unspecified atom stereocenters. The third-order valence-electron chi connectivity index (χ3n) is 2.43. The van der Waals surface area contributed by atoms with E-state index in [1.807, 2.05) is 0 Å². The summed E-state index contributed by atoms with van der Waals surface area (Å²) in [4.78, 5) is 24.2. The number of benzene rings is 1. The minimum absolute atomic E-state index is 0.285. The maximum atomic E-state index is 11.6. The van der Waals surface area contributed by atoms with Crippen molar-refractivity contribution in [3.8, 4) is 0 Å². The molecule has 0 fully saturated rings. The van der Waals surface area contributed by atoms with Gasteiger partial charge in [-0.2, -0.15) is 0 Å². The van der Waals surface area contributed by atoms with Gasteiger partial charge in [-0.1, -0.05) is 18.2 Å². The number of carbonyl (C=O) groups excluding carboxylic acids is 2. The van der Waals surface area contributed by atoms with Gasteiger partial charge in [0.05, 0.1) is 0 Å². The summed E-state index contributed by atoms with van der Waals surface area (Å²) in [5, 5.41) is 0. The molecule has 2 N–H and O–H groups in total. The van der Waals surface area contributed by atoms with E-state index in [1.165, 1.54) is 7.05 Å². The Kier molecular flexibility index (Phi) is 1.86. The zero-order valence-corrected chi connectivity index (χ0v) is 7.73. The zero-order chi connectivity index (χ0) is 10.3. The van der Waals surface area contributed by atoms with E-state index in [2.05, 4.69) is 0 Å². The highest BCUT2D eigenvalue weighted by molar-refractivity contribution is 6.10. The fourth-order valence-corrected chi connectivity index (χ4v) is 1.59. The largest absolute Gasteiger partial charge is 0.316 e. The fraction of sp³-hybridized carbons (Fsp3) is 0.200. The van der Waals surface area contributed by atoms with E-state index in [9.17, 15) is 9.59 Å². The van der Waals surface area contributed by atoms with E-state index in [1.54, 1.807) is 24.3 Å². The van der Waals surface area contributed by atoms with E-state index in [0.717, 1.165) is 4.90 Å². The number of imide groups is 1. The van der Waals surface area contributed by atoms with Crippen molar-refractivity contribution in [3.05, 3.63) is 35.4 Å². The first-order valence-electron chi connectivity index (χ1n) is 4.29. The monoisotopic (exact) mass is 190 g/mol. The summed E-state index contributed by atoms with van der Waals surface area (Å²) in [6.07, 6.45) is 0. The standard InChI is InChI=1S/C10H10N2O2/c1-12-9(13)7-5-3-2-4-6(7)8(11)10(12)14/h2-5,8H,11H2,1H3. The molecular formula is C10H10N2O2. The number of carbonyl (C=O) groups is 2. The average Bonchev–Trinajstić information content (AvgIpc) is 2.23. The molecule has 1 aromatic rings. The molecule has 4 nitrogen and oxygen atoms in total. The molecule has 1 aliphatic heterocycles. The average molecular weight is 190 g/mol. The highest BCUT2D eigenvalue weighted by Crippen LogP contribution is 2.24. The van der Waals surface area contributed by atoms with Crippen molar-refractivity contribution in [2.24, 2.45) is 5.73 Å². The van der Waals surface area contributed by atoms with Gasteiger partial charge in [0.1, 0.15) is 6.04 Å². The number of rotatable bonds is 0. The predicted octanol–water partition coefficient (Wildman–Crippen LogP) is 0.299. The third-order valence-corrected chi connectivity index (χ3v) is 2.43. The van der Waals surface area contributed by atoms with Crippen molar-refractivity contribution >= 4 is 11.8 Å². The lowest BCUT2D eigenvalue weighted by atomic mass is 9.95. The number of likely N-dealkylation sites (N-methyl/N-ethyl adjacent to an activating group) is 1. The fourth-order valence-electron chi connectivity index (χ4n) is 1.59. The Labute approximate surface area is 81.3 Å². The molecule has 0 aromatic heterocycles. The summed E-state index contributed by atoms with van der Waals surface area (Å²) in [6.45, 7) is 0. The molecule has 1 aliphatic rings. The lowest BCUT2D eigenvalue weighted by Gasteiger charge is -2.27. The van der Waals surface area contributed by atoms with Crippen LogP contribution in [0.25, 0.3) is 0 Å². The smallest absolute Gasteiger partial charge is 0.260 e. The Morgan fingerprint density at radius 3 is 2.64 bits per heavy atom. The minimum atomic E-state index is -0.714. The van der Waals surface area contributed by atoms with E-state index in [4.69, 9.17) is 5.73 Å². The van der Waals surface area contributed by atoms with Gasteiger partial charge in [0.15, 0.2) is 0 Å². The summed E-state index contributed by atoms with van der Waals surface area (Å²) >= 11 is 0. The molecule has 2 amide bonds. The van der Waals surface area contributed by atoms with Crippen molar-refractivity contribution in [3.63, 3.8) is 0 Å². The first-order chi connectivity index (χ1) is 6.63. The SMILES string of the molecule is CN1C(=O)c2ccccc2C(N)C1=O. The number of amides is 2. The topological polar surface area (TPSA) is 63.4 Å². The van der Waals surface area contributed by atoms with Gasteiger partial charge in [-0.25, -0.2) is 0 Å². The van der Waals surface area contributed by atoms with Crippen LogP contribution >= 0.6 is 0 Å². The van der Waals surface area contributed by atoms with E-state index in [-0.39, 0.29) is 11.8 Å². The number of nitrogens with two attached hydrogens (primary N) is 1. The second kappa shape index (κ2) is 2.92. The Hall–Kier alpha value is -1.68. The minimum Gasteiger partial charge on any atom is -0.316 e. The van der Waals surface area contributed by atoms with Gasteiger partial charge in [0.2, 0.25) is 0 Å². The van der Waals surface area contributed by atoms with Gasteiger partial charge < -0.3 is 5.73 Å². The van der Waals surface area contributed by atoms with Gasteiger partial charge >= 0.3 is 0 Å². The molecule has 0 radical (unpaired) electrons. The molecule has 0 saturated heterocycles. The number of hydrogen-bond donors (Lipinski definition) is 1. The first-order valence-corrected chi connectivity index (χ1v) is 4.29. The van der Waals surface area contributed by atoms with Gasteiger partial charge in [-0.3, -0.25) is 14.5 Å². The molecule has 2 rings (SSSR count). The van der Waals surface area contributed by atoms with Crippen LogP contribution in [0.4, 0.5) is 0 Å². The molecule has 0 bridgehead atoms. The van der Waals surface area contributed by atoms with Crippen LogP contribution in [0.15, 0.2) is 24.3 Å². The van der Waals surface area contributed by atoms with Crippen molar-refractivity contribution in [2.75, 3.05) is 7.05 Å². The third kappa shape index (κ3) is 1.04. The molecule has 1 aromatic carbocycles. The van der Waals surface area contributed by atoms with Crippen LogP contribution in [0.1, 0.15) is 22.0 Å². The predicted molar refractivity (Wildman–Crippen MR) is 50.5 cm³/mol. The molecule has 4 heteroatoms. The molecule has 14 heavy (non-hydrogen) atoms. The van der Waals surface area contributed by atoms with E-state index >= 15 is 0 Å². The second-order valence-electron chi connectivity index (χ2n) is 3.27. The molecule has 0 spiro atoms. The lowest BCUT2D eigenvalue weighted by molar-refractivity contribution is -0.129. The highest BCUT2D eigenvalue weighted by atomic mass is 16.2. The van der Waals surface area contributed by atoms with Gasteiger partial charge in [-0.15, -0.1) is 0 Å². The van der Waals surface area contributed by atoms with Gasteiger partial charge in [-0.05, 0) is 11.6 Å². The van der Waals surface area contributed by atoms with Crippen LogP contribution in [0, 0.1) is 0 Å². The van der Waals surface area contributed by atoms with Crippen molar-refractivity contribution in [1.29, 1.82) is 0 Å². The molecular weight excluding hydrogens is 180 g/mol. The van der Waals surface area contributed by atoms with Gasteiger partial charge in [0.25, 0.3) is 11.8 Å². The number of hydrogen-bond acceptors (Lipinski definition) is 3. The summed E-state index contributed by atoms with van der Waals surface area (Å²) in [7, 11) is 1.44. The first kappa shape index (κ1) is 8.90. The Balaban J connectivity index is 2.62.